The maximum Gasteiger partial charge on any atom is 0.156 e. The van der Waals surface area contributed by atoms with E-state index >= 15 is 0 Å². The summed E-state index contributed by atoms with van der Waals surface area (Å²) < 4.78 is 8.73. The average Bonchev–Trinajstić information content (AvgIpc) is 3.33. The third kappa shape index (κ3) is 2.62. The Morgan fingerprint density at radius 3 is 2.28 bits per heavy atom. The molecule has 0 bridgehead atoms. The van der Waals surface area contributed by atoms with Crippen LogP contribution in [0.2, 0.25) is 0 Å². The molecular formula is C28H23N3O. The van der Waals surface area contributed by atoms with Crippen molar-refractivity contribution in [3.63, 3.8) is 0 Å². The molecule has 3 heterocycles. The Balaban J connectivity index is 1.76. The Morgan fingerprint density at radius 2 is 1.47 bits per heavy atom. The van der Waals surface area contributed by atoms with Crippen molar-refractivity contribution in [2.45, 2.75) is 27.7 Å². The highest BCUT2D eigenvalue weighted by Crippen LogP contribution is 2.39. The number of fused-ring (bicyclic) bond motifs is 4. The van der Waals surface area contributed by atoms with E-state index in [0.717, 1.165) is 61.4 Å². The van der Waals surface area contributed by atoms with Gasteiger partial charge in [-0.2, -0.15) is 0 Å². The smallest absolute Gasteiger partial charge is 0.156 e. The number of para-hydroxylation sites is 4. The normalized spacial score (nSPS) is 11.8. The van der Waals surface area contributed by atoms with E-state index < -0.39 is 0 Å². The molecule has 4 nitrogen and oxygen atoms in total. The van der Waals surface area contributed by atoms with E-state index in [2.05, 4.69) is 84.1 Å². The first-order chi connectivity index (χ1) is 15.5. The van der Waals surface area contributed by atoms with E-state index in [0.29, 0.717) is 0 Å². The molecule has 0 N–H and O–H groups in total. The van der Waals surface area contributed by atoms with Crippen molar-refractivity contribution in [1.29, 1.82) is 0 Å². The minimum atomic E-state index is 0.841. The highest BCUT2D eigenvalue weighted by Gasteiger charge is 2.21. The summed E-state index contributed by atoms with van der Waals surface area (Å²) in [6.07, 6.45) is 0. The molecule has 0 atom stereocenters. The topological polar surface area (TPSA) is 43.9 Å². The second-order valence-corrected chi connectivity index (χ2v) is 8.51. The van der Waals surface area contributed by atoms with Gasteiger partial charge in [0.15, 0.2) is 5.58 Å². The molecule has 6 rings (SSSR count). The Morgan fingerprint density at radius 1 is 0.719 bits per heavy atom. The molecule has 4 heteroatoms. The molecule has 0 saturated heterocycles. The number of nitrogens with zero attached hydrogens (tertiary/aromatic N) is 3. The van der Waals surface area contributed by atoms with Crippen molar-refractivity contribution in [2.75, 3.05) is 0 Å². The van der Waals surface area contributed by atoms with Crippen LogP contribution < -0.4 is 0 Å². The molecule has 0 unspecified atom stereocenters. The van der Waals surface area contributed by atoms with Crippen LogP contribution in [0.5, 0.6) is 0 Å². The molecule has 0 fully saturated rings. The number of rotatable bonds is 2. The number of furan rings is 1. The fraction of sp³-hybridized carbons (Fsp3) is 0.143. The number of benzene rings is 3. The number of aromatic nitrogens is 3. The van der Waals surface area contributed by atoms with Crippen molar-refractivity contribution >= 4 is 33.0 Å². The van der Waals surface area contributed by atoms with Gasteiger partial charge in [-0.1, -0.05) is 42.5 Å². The lowest BCUT2D eigenvalue weighted by Crippen LogP contribution is -2.02. The zero-order valence-electron chi connectivity index (χ0n) is 18.6. The summed E-state index contributed by atoms with van der Waals surface area (Å²) in [7, 11) is 0. The molecule has 6 aromatic rings. The first-order valence-corrected chi connectivity index (χ1v) is 10.9. The predicted molar refractivity (Wildman–Crippen MR) is 131 cm³/mol. The van der Waals surface area contributed by atoms with E-state index in [1.54, 1.807) is 0 Å². The van der Waals surface area contributed by atoms with E-state index in [1.807, 2.05) is 19.9 Å². The van der Waals surface area contributed by atoms with E-state index in [9.17, 15) is 0 Å². The van der Waals surface area contributed by atoms with E-state index in [4.69, 9.17) is 9.40 Å². The van der Waals surface area contributed by atoms with Gasteiger partial charge in [-0.25, -0.2) is 4.98 Å². The number of hydrogen-bond donors (Lipinski definition) is 0. The fourth-order valence-electron chi connectivity index (χ4n) is 4.87. The standard InChI is InChI=1S/C28H23N3O/c1-16-9-7-10-17(2)25(16)31-24-14-6-5-13-23(24)30-28(31)21-12-8-11-20-22-15-18(3)29-19(4)26(22)32-27(20)21/h5-15H,1-4H3. The minimum Gasteiger partial charge on any atom is -0.453 e. The Labute approximate surface area is 186 Å². The second-order valence-electron chi connectivity index (χ2n) is 8.51. The van der Waals surface area contributed by atoms with Gasteiger partial charge in [0.25, 0.3) is 0 Å². The zero-order chi connectivity index (χ0) is 22.0. The SMILES string of the molecule is Cc1cc2c(oc3c(-c4nc5ccccc5n4-c4c(C)cccc4C)cccc32)c(C)n1. The third-order valence-electron chi connectivity index (χ3n) is 6.24. The summed E-state index contributed by atoms with van der Waals surface area (Å²) in [5.74, 6) is 0.885. The molecule has 0 aliphatic heterocycles. The quantitative estimate of drug-likeness (QED) is 0.299. The molecule has 156 valence electrons. The largest absolute Gasteiger partial charge is 0.453 e. The maximum atomic E-state index is 6.46. The van der Waals surface area contributed by atoms with Crippen molar-refractivity contribution in [2.24, 2.45) is 0 Å². The Kier molecular flexibility index (Phi) is 3.99. The van der Waals surface area contributed by atoms with Crippen LogP contribution in [0.4, 0.5) is 0 Å². The first kappa shape index (κ1) is 18.8. The molecule has 32 heavy (non-hydrogen) atoms. The van der Waals surface area contributed by atoms with Gasteiger partial charge in [0.1, 0.15) is 11.4 Å². The lowest BCUT2D eigenvalue weighted by molar-refractivity contribution is 0.663. The zero-order valence-corrected chi connectivity index (χ0v) is 18.6. The van der Waals surface area contributed by atoms with Gasteiger partial charge >= 0.3 is 0 Å². The summed E-state index contributed by atoms with van der Waals surface area (Å²) in [4.78, 5) is 9.70. The number of hydrogen-bond acceptors (Lipinski definition) is 3. The summed E-state index contributed by atoms with van der Waals surface area (Å²) in [6.45, 7) is 8.33. The van der Waals surface area contributed by atoms with Gasteiger partial charge in [-0.05, 0) is 63.1 Å². The molecule has 0 aliphatic carbocycles. The lowest BCUT2D eigenvalue weighted by Gasteiger charge is -2.15. The summed E-state index contributed by atoms with van der Waals surface area (Å²) in [5.41, 5.74) is 10.2. The third-order valence-corrected chi connectivity index (χ3v) is 6.24. The second kappa shape index (κ2) is 6.79. The van der Waals surface area contributed by atoms with Gasteiger partial charge in [-0.15, -0.1) is 0 Å². The van der Waals surface area contributed by atoms with Crippen molar-refractivity contribution in [3.05, 3.63) is 89.2 Å². The summed E-state index contributed by atoms with van der Waals surface area (Å²) in [5, 5.41) is 2.19. The van der Waals surface area contributed by atoms with Crippen LogP contribution in [0.1, 0.15) is 22.5 Å². The molecule has 0 saturated carbocycles. The van der Waals surface area contributed by atoms with Gasteiger partial charge in [-0.3, -0.25) is 9.55 Å². The summed E-state index contributed by atoms with van der Waals surface area (Å²) in [6, 6.07) is 23.1. The van der Waals surface area contributed by atoms with Gasteiger partial charge < -0.3 is 4.42 Å². The van der Waals surface area contributed by atoms with Crippen LogP contribution >= 0.6 is 0 Å². The average molecular weight is 418 g/mol. The minimum absolute atomic E-state index is 0.841. The molecule has 3 aromatic carbocycles. The molecule has 0 spiro atoms. The van der Waals surface area contributed by atoms with Crippen LogP contribution in [-0.2, 0) is 0 Å². The first-order valence-electron chi connectivity index (χ1n) is 10.9. The lowest BCUT2D eigenvalue weighted by atomic mass is 10.1. The van der Waals surface area contributed by atoms with Crippen LogP contribution in [0.25, 0.3) is 50.0 Å². The molecule has 3 aromatic heterocycles. The molecular weight excluding hydrogens is 394 g/mol. The molecule has 0 aliphatic rings. The van der Waals surface area contributed by atoms with Crippen molar-refractivity contribution in [3.8, 4) is 17.1 Å². The van der Waals surface area contributed by atoms with Crippen LogP contribution in [0, 0.1) is 27.7 Å². The van der Waals surface area contributed by atoms with Crippen molar-refractivity contribution in [1.82, 2.24) is 14.5 Å². The Bertz CT molecular complexity index is 1650. The van der Waals surface area contributed by atoms with Gasteiger partial charge in [0.05, 0.1) is 28.0 Å². The van der Waals surface area contributed by atoms with E-state index in [-0.39, 0.29) is 0 Å². The number of aryl methyl sites for hydroxylation is 4. The predicted octanol–water partition coefficient (Wildman–Crippen LogP) is 7.22. The molecule has 0 radical (unpaired) electrons. The highest BCUT2D eigenvalue weighted by atomic mass is 16.3. The van der Waals surface area contributed by atoms with Gasteiger partial charge in [0, 0.05) is 16.5 Å². The number of pyridine rings is 1. The Hall–Kier alpha value is -3.92. The van der Waals surface area contributed by atoms with E-state index in [1.165, 1.54) is 11.1 Å². The van der Waals surface area contributed by atoms with Gasteiger partial charge in [0.2, 0.25) is 0 Å². The van der Waals surface area contributed by atoms with Crippen LogP contribution in [-0.4, -0.2) is 14.5 Å². The van der Waals surface area contributed by atoms with Crippen molar-refractivity contribution < 1.29 is 4.42 Å². The molecule has 0 amide bonds. The summed E-state index contributed by atoms with van der Waals surface area (Å²) >= 11 is 0. The highest BCUT2D eigenvalue weighted by molar-refractivity contribution is 6.10. The monoisotopic (exact) mass is 417 g/mol. The fourth-order valence-corrected chi connectivity index (χ4v) is 4.87. The van der Waals surface area contributed by atoms with Crippen LogP contribution in [0.3, 0.4) is 0 Å². The maximum absolute atomic E-state index is 6.46. The number of imidazole rings is 1. The van der Waals surface area contributed by atoms with Crippen LogP contribution in [0.15, 0.2) is 71.1 Å².